The van der Waals surface area contributed by atoms with Gasteiger partial charge in [-0.05, 0) is 67.3 Å². The van der Waals surface area contributed by atoms with E-state index < -0.39 is 0 Å². The highest BCUT2D eigenvalue weighted by Crippen LogP contribution is 2.24. The molecule has 2 N–H and O–H groups in total. The van der Waals surface area contributed by atoms with Gasteiger partial charge in [0.25, 0.3) is 0 Å². The maximum atomic E-state index is 13.1. The van der Waals surface area contributed by atoms with E-state index in [1.165, 1.54) is 12.1 Å². The fraction of sp³-hybridized carbons (Fsp3) is 0.333. The molecule has 0 aliphatic carbocycles. The molecule has 3 aromatic rings. The first kappa shape index (κ1) is 20.9. The molecule has 2 heterocycles. The van der Waals surface area contributed by atoms with Crippen molar-refractivity contribution in [2.45, 2.75) is 32.2 Å². The van der Waals surface area contributed by atoms with Crippen LogP contribution in [0.25, 0.3) is 11.3 Å². The molecule has 31 heavy (non-hydrogen) atoms. The van der Waals surface area contributed by atoms with Crippen molar-refractivity contribution in [3.8, 4) is 17.0 Å². The Balaban J connectivity index is 1.26. The highest BCUT2D eigenvalue weighted by molar-refractivity contribution is 5.79. The highest BCUT2D eigenvalue weighted by atomic mass is 19.1. The molecule has 0 bridgehead atoms. The minimum Gasteiger partial charge on any atom is -0.494 e. The monoisotopic (exact) mass is 422 g/mol. The van der Waals surface area contributed by atoms with E-state index in [0.29, 0.717) is 13.0 Å². The third kappa shape index (κ3) is 5.42. The fourth-order valence-corrected chi connectivity index (χ4v) is 3.84. The number of amides is 1. The zero-order chi connectivity index (χ0) is 21.6. The molecule has 0 spiro atoms. The molecule has 1 amide bonds. The SMILES string of the molecule is CCOc1ccc(CC(=O)NC2CCN(c3cc(-c4ccc(F)cc4)[nH]n3)CC2)cc1. The van der Waals surface area contributed by atoms with Crippen molar-refractivity contribution in [1.29, 1.82) is 0 Å². The second-order valence-electron chi connectivity index (χ2n) is 7.73. The summed E-state index contributed by atoms with van der Waals surface area (Å²) in [5, 5.41) is 10.6. The van der Waals surface area contributed by atoms with E-state index in [1.54, 1.807) is 12.1 Å². The van der Waals surface area contributed by atoms with Crippen LogP contribution in [0.1, 0.15) is 25.3 Å². The smallest absolute Gasteiger partial charge is 0.224 e. The van der Waals surface area contributed by atoms with Gasteiger partial charge in [-0.3, -0.25) is 9.89 Å². The predicted octanol–water partition coefficient (Wildman–Crippen LogP) is 3.94. The Labute approximate surface area is 181 Å². The number of rotatable bonds is 7. The number of carbonyl (C=O) groups is 1. The van der Waals surface area contributed by atoms with Gasteiger partial charge in [0.15, 0.2) is 5.82 Å². The molecular formula is C24H27FN4O2. The Morgan fingerprint density at radius 3 is 2.55 bits per heavy atom. The number of hydrogen-bond acceptors (Lipinski definition) is 4. The normalized spacial score (nSPS) is 14.5. The standard InChI is InChI=1S/C24H27FN4O2/c1-2-31-21-9-3-17(4-10-21)15-24(30)26-20-11-13-29(14-12-20)23-16-22(27-28-23)18-5-7-19(25)8-6-18/h3-10,16,20H,2,11-15H2,1H3,(H,26,30)(H,27,28). The van der Waals surface area contributed by atoms with Gasteiger partial charge in [0.2, 0.25) is 5.91 Å². The summed E-state index contributed by atoms with van der Waals surface area (Å²) in [6, 6.07) is 16.2. The minimum absolute atomic E-state index is 0.0426. The predicted molar refractivity (Wildman–Crippen MR) is 119 cm³/mol. The van der Waals surface area contributed by atoms with Crippen molar-refractivity contribution in [2.24, 2.45) is 0 Å². The maximum absolute atomic E-state index is 13.1. The Morgan fingerprint density at radius 2 is 1.87 bits per heavy atom. The van der Waals surface area contributed by atoms with Gasteiger partial charge in [-0.25, -0.2) is 4.39 Å². The number of H-pyrrole nitrogens is 1. The molecule has 4 rings (SSSR count). The van der Waals surface area contributed by atoms with E-state index in [1.807, 2.05) is 37.3 Å². The molecule has 1 aliphatic rings. The summed E-state index contributed by atoms with van der Waals surface area (Å²) >= 11 is 0. The van der Waals surface area contributed by atoms with Gasteiger partial charge in [-0.2, -0.15) is 5.10 Å². The van der Waals surface area contributed by atoms with Crippen LogP contribution in [0.4, 0.5) is 10.2 Å². The van der Waals surface area contributed by atoms with Gasteiger partial charge in [0.05, 0.1) is 18.7 Å². The van der Waals surface area contributed by atoms with E-state index >= 15 is 0 Å². The lowest BCUT2D eigenvalue weighted by Crippen LogP contribution is -2.45. The highest BCUT2D eigenvalue weighted by Gasteiger charge is 2.22. The molecule has 1 saturated heterocycles. The topological polar surface area (TPSA) is 70.2 Å². The van der Waals surface area contributed by atoms with Crippen molar-refractivity contribution >= 4 is 11.7 Å². The third-order valence-electron chi connectivity index (χ3n) is 5.50. The Bertz CT molecular complexity index is 993. The van der Waals surface area contributed by atoms with Crippen LogP contribution in [0, 0.1) is 5.82 Å². The molecular weight excluding hydrogens is 395 g/mol. The van der Waals surface area contributed by atoms with Gasteiger partial charge in [0.1, 0.15) is 11.6 Å². The van der Waals surface area contributed by atoms with Crippen molar-refractivity contribution in [1.82, 2.24) is 15.5 Å². The zero-order valence-corrected chi connectivity index (χ0v) is 17.6. The number of nitrogens with zero attached hydrogens (tertiary/aromatic N) is 2. The second-order valence-corrected chi connectivity index (χ2v) is 7.73. The van der Waals surface area contributed by atoms with E-state index in [9.17, 15) is 9.18 Å². The summed E-state index contributed by atoms with van der Waals surface area (Å²) in [5.74, 6) is 1.48. The summed E-state index contributed by atoms with van der Waals surface area (Å²) < 4.78 is 18.6. The molecule has 1 fully saturated rings. The molecule has 0 radical (unpaired) electrons. The average Bonchev–Trinajstić information content (AvgIpc) is 3.26. The summed E-state index contributed by atoms with van der Waals surface area (Å²) in [7, 11) is 0. The van der Waals surface area contributed by atoms with E-state index in [4.69, 9.17) is 4.74 Å². The van der Waals surface area contributed by atoms with Crippen molar-refractivity contribution in [3.63, 3.8) is 0 Å². The van der Waals surface area contributed by atoms with Crippen LogP contribution in [-0.4, -0.2) is 41.8 Å². The molecule has 1 aliphatic heterocycles. The summed E-state index contributed by atoms with van der Waals surface area (Å²) in [6.45, 7) is 4.22. The number of aromatic nitrogens is 2. The summed E-state index contributed by atoms with van der Waals surface area (Å²) in [4.78, 5) is 14.6. The van der Waals surface area contributed by atoms with E-state index in [0.717, 1.165) is 54.3 Å². The van der Waals surface area contributed by atoms with E-state index in [-0.39, 0.29) is 17.8 Å². The first-order valence-electron chi connectivity index (χ1n) is 10.7. The Kier molecular flexibility index (Phi) is 6.50. The first-order chi connectivity index (χ1) is 15.1. The number of piperidine rings is 1. The number of halogens is 1. The summed E-state index contributed by atoms with van der Waals surface area (Å²) in [5.41, 5.74) is 2.74. The number of carbonyl (C=O) groups excluding carboxylic acids is 1. The number of ether oxygens (including phenoxy) is 1. The summed E-state index contributed by atoms with van der Waals surface area (Å²) in [6.07, 6.45) is 2.11. The van der Waals surface area contributed by atoms with Crippen LogP contribution in [0.3, 0.4) is 0 Å². The molecule has 162 valence electrons. The van der Waals surface area contributed by atoms with Gasteiger partial charge < -0.3 is 15.0 Å². The third-order valence-corrected chi connectivity index (χ3v) is 5.50. The largest absolute Gasteiger partial charge is 0.494 e. The van der Waals surface area contributed by atoms with Gasteiger partial charge in [-0.1, -0.05) is 12.1 Å². The molecule has 0 saturated carbocycles. The molecule has 0 unspecified atom stereocenters. The van der Waals surface area contributed by atoms with Crippen LogP contribution in [-0.2, 0) is 11.2 Å². The number of hydrogen-bond donors (Lipinski definition) is 2. The van der Waals surface area contributed by atoms with Crippen molar-refractivity contribution < 1.29 is 13.9 Å². The van der Waals surface area contributed by atoms with E-state index in [2.05, 4.69) is 20.4 Å². The Morgan fingerprint density at radius 1 is 1.16 bits per heavy atom. The molecule has 2 aromatic carbocycles. The number of nitrogens with one attached hydrogen (secondary N) is 2. The molecule has 0 atom stereocenters. The maximum Gasteiger partial charge on any atom is 0.224 e. The van der Waals surface area contributed by atoms with Crippen LogP contribution < -0.4 is 15.0 Å². The number of benzene rings is 2. The Hall–Kier alpha value is -3.35. The lowest BCUT2D eigenvalue weighted by molar-refractivity contribution is -0.121. The van der Waals surface area contributed by atoms with Crippen LogP contribution in [0.15, 0.2) is 54.6 Å². The molecule has 7 heteroatoms. The molecule has 1 aromatic heterocycles. The first-order valence-corrected chi connectivity index (χ1v) is 10.7. The lowest BCUT2D eigenvalue weighted by atomic mass is 10.0. The fourth-order valence-electron chi connectivity index (χ4n) is 3.84. The zero-order valence-electron chi connectivity index (χ0n) is 17.6. The van der Waals surface area contributed by atoms with Gasteiger partial charge in [-0.15, -0.1) is 0 Å². The lowest BCUT2D eigenvalue weighted by Gasteiger charge is -2.32. The van der Waals surface area contributed by atoms with Gasteiger partial charge >= 0.3 is 0 Å². The average molecular weight is 423 g/mol. The number of aromatic amines is 1. The van der Waals surface area contributed by atoms with Crippen molar-refractivity contribution in [3.05, 3.63) is 66.0 Å². The molecule has 6 nitrogen and oxygen atoms in total. The minimum atomic E-state index is -0.255. The number of anilines is 1. The van der Waals surface area contributed by atoms with Crippen LogP contribution in [0.2, 0.25) is 0 Å². The second kappa shape index (κ2) is 9.64. The van der Waals surface area contributed by atoms with Crippen molar-refractivity contribution in [2.75, 3.05) is 24.6 Å². The quantitative estimate of drug-likeness (QED) is 0.605. The van der Waals surface area contributed by atoms with Crippen LogP contribution in [0.5, 0.6) is 5.75 Å². The van der Waals surface area contributed by atoms with Crippen LogP contribution >= 0.6 is 0 Å². The van der Waals surface area contributed by atoms with Gasteiger partial charge in [0, 0.05) is 25.2 Å².